The van der Waals surface area contributed by atoms with Crippen molar-refractivity contribution in [3.05, 3.63) is 30.0 Å². The summed E-state index contributed by atoms with van der Waals surface area (Å²) in [5.41, 5.74) is 2.02. The van der Waals surface area contributed by atoms with Crippen molar-refractivity contribution in [3.63, 3.8) is 0 Å². The molecule has 130 valence electrons. The number of aromatic amines is 1. The fraction of sp³-hybridized carbons (Fsp3) is 0.556. The highest BCUT2D eigenvalue weighted by molar-refractivity contribution is 5.82. The van der Waals surface area contributed by atoms with E-state index in [2.05, 4.69) is 22.0 Å². The second-order valence-electron chi connectivity index (χ2n) is 6.30. The van der Waals surface area contributed by atoms with Gasteiger partial charge in [-0.1, -0.05) is 0 Å². The molecule has 1 aromatic heterocycles. The zero-order chi connectivity index (χ0) is 16.4. The average Bonchev–Trinajstić information content (AvgIpc) is 2.99. The molecule has 6 nitrogen and oxygen atoms in total. The fourth-order valence-electron chi connectivity index (χ4n) is 3.16. The quantitative estimate of drug-likeness (QED) is 0.824. The van der Waals surface area contributed by atoms with Crippen molar-refractivity contribution in [1.29, 1.82) is 0 Å². The van der Waals surface area contributed by atoms with Crippen molar-refractivity contribution in [2.24, 2.45) is 0 Å². The van der Waals surface area contributed by atoms with Crippen LogP contribution in [0.4, 0.5) is 0 Å². The Morgan fingerprint density at radius 3 is 2.83 bits per heavy atom. The maximum absolute atomic E-state index is 5.90. The molecule has 0 atom stereocenters. The lowest BCUT2D eigenvalue weighted by Crippen LogP contribution is -2.37. The monoisotopic (exact) mass is 332 g/mol. The molecular weight excluding hydrogens is 308 g/mol. The van der Waals surface area contributed by atoms with Crippen LogP contribution >= 0.6 is 0 Å². The summed E-state index contributed by atoms with van der Waals surface area (Å²) in [5.74, 6) is 0.902. The van der Waals surface area contributed by atoms with Gasteiger partial charge in [-0.25, -0.2) is 0 Å². The minimum atomic E-state index is -0.273. The first kappa shape index (κ1) is 15.9. The van der Waals surface area contributed by atoms with E-state index < -0.39 is 0 Å². The van der Waals surface area contributed by atoms with E-state index in [0.29, 0.717) is 0 Å². The first-order chi connectivity index (χ1) is 11.8. The lowest BCUT2D eigenvalue weighted by atomic mass is 10.2. The van der Waals surface area contributed by atoms with Gasteiger partial charge in [0.15, 0.2) is 6.29 Å². The molecule has 0 radical (unpaired) electrons. The highest BCUT2D eigenvalue weighted by atomic mass is 16.9. The SMILES string of the molecule is CC1OC(c2cc3cc(OCCCN4CCOCC4)ccc3[nH]2)O1. The summed E-state index contributed by atoms with van der Waals surface area (Å²) in [6.45, 7) is 7.44. The average molecular weight is 332 g/mol. The van der Waals surface area contributed by atoms with Crippen LogP contribution in [0.2, 0.25) is 0 Å². The summed E-state index contributed by atoms with van der Waals surface area (Å²) in [5, 5.41) is 1.11. The summed E-state index contributed by atoms with van der Waals surface area (Å²) in [6.07, 6.45) is 0.634. The molecule has 0 bridgehead atoms. The number of ether oxygens (including phenoxy) is 4. The molecule has 1 N–H and O–H groups in total. The van der Waals surface area contributed by atoms with Crippen molar-refractivity contribution in [3.8, 4) is 5.75 Å². The molecular formula is C18H24N2O4. The number of fused-ring (bicyclic) bond motifs is 1. The molecule has 0 unspecified atom stereocenters. The Morgan fingerprint density at radius 2 is 2.04 bits per heavy atom. The van der Waals surface area contributed by atoms with Crippen LogP contribution in [0.3, 0.4) is 0 Å². The summed E-state index contributed by atoms with van der Waals surface area (Å²) >= 11 is 0. The maximum Gasteiger partial charge on any atom is 0.204 e. The molecule has 1 aromatic carbocycles. The molecule has 0 aliphatic carbocycles. The van der Waals surface area contributed by atoms with E-state index >= 15 is 0 Å². The first-order valence-corrected chi connectivity index (χ1v) is 8.64. The van der Waals surface area contributed by atoms with Gasteiger partial charge in [0.25, 0.3) is 0 Å². The lowest BCUT2D eigenvalue weighted by Gasteiger charge is -2.32. The molecule has 24 heavy (non-hydrogen) atoms. The molecule has 2 aliphatic rings. The Labute approximate surface area is 141 Å². The third-order valence-electron chi connectivity index (χ3n) is 4.49. The number of hydrogen-bond donors (Lipinski definition) is 1. The molecule has 2 fully saturated rings. The van der Waals surface area contributed by atoms with Gasteiger partial charge in [0.2, 0.25) is 6.29 Å². The number of H-pyrrole nitrogens is 1. The third-order valence-corrected chi connectivity index (χ3v) is 4.49. The van der Waals surface area contributed by atoms with Gasteiger partial charge in [0.1, 0.15) is 5.75 Å². The molecule has 2 aliphatic heterocycles. The van der Waals surface area contributed by atoms with Crippen LogP contribution in [0.5, 0.6) is 5.75 Å². The van der Waals surface area contributed by atoms with Crippen LogP contribution in [0.15, 0.2) is 24.3 Å². The van der Waals surface area contributed by atoms with Gasteiger partial charge in [-0.2, -0.15) is 0 Å². The van der Waals surface area contributed by atoms with Crippen LogP contribution in [0.25, 0.3) is 10.9 Å². The number of morpholine rings is 1. The largest absolute Gasteiger partial charge is 0.494 e. The summed E-state index contributed by atoms with van der Waals surface area (Å²) < 4.78 is 22.3. The van der Waals surface area contributed by atoms with E-state index in [-0.39, 0.29) is 12.6 Å². The van der Waals surface area contributed by atoms with Crippen LogP contribution in [-0.2, 0) is 14.2 Å². The molecule has 2 saturated heterocycles. The van der Waals surface area contributed by atoms with Gasteiger partial charge in [0.05, 0.1) is 25.5 Å². The van der Waals surface area contributed by atoms with Crippen molar-refractivity contribution < 1.29 is 18.9 Å². The van der Waals surface area contributed by atoms with Crippen molar-refractivity contribution in [2.45, 2.75) is 25.9 Å². The second kappa shape index (κ2) is 7.11. The van der Waals surface area contributed by atoms with E-state index in [1.165, 1.54) is 0 Å². The number of benzene rings is 1. The van der Waals surface area contributed by atoms with Gasteiger partial charge in [-0.05, 0) is 37.6 Å². The second-order valence-corrected chi connectivity index (χ2v) is 6.30. The zero-order valence-electron chi connectivity index (χ0n) is 14.0. The zero-order valence-corrected chi connectivity index (χ0v) is 14.0. The van der Waals surface area contributed by atoms with E-state index in [9.17, 15) is 0 Å². The van der Waals surface area contributed by atoms with Gasteiger partial charge < -0.3 is 23.9 Å². The molecule has 6 heteroatoms. The Morgan fingerprint density at radius 1 is 1.21 bits per heavy atom. The molecule has 2 aromatic rings. The Balaban J connectivity index is 1.29. The standard InChI is InChI=1S/C18H24N2O4/c1-13-23-18(24-13)17-12-14-11-15(3-4-16(14)19-17)22-8-2-5-20-6-9-21-10-7-20/h3-4,11-13,18-19H,2,5-10H2,1H3. The van der Waals surface area contributed by atoms with Crippen LogP contribution in [0, 0.1) is 0 Å². The topological polar surface area (TPSA) is 56.0 Å². The van der Waals surface area contributed by atoms with Crippen LogP contribution < -0.4 is 4.74 Å². The van der Waals surface area contributed by atoms with E-state index in [0.717, 1.165) is 68.2 Å². The van der Waals surface area contributed by atoms with Gasteiger partial charge in [0, 0.05) is 30.5 Å². The minimum absolute atomic E-state index is 0.119. The number of nitrogens with zero attached hydrogens (tertiary/aromatic N) is 1. The fourth-order valence-corrected chi connectivity index (χ4v) is 3.16. The number of nitrogens with one attached hydrogen (secondary N) is 1. The highest BCUT2D eigenvalue weighted by Gasteiger charge is 2.29. The lowest BCUT2D eigenvalue weighted by molar-refractivity contribution is -0.383. The van der Waals surface area contributed by atoms with Gasteiger partial charge >= 0.3 is 0 Å². The predicted octanol–water partition coefficient (Wildman–Crippen LogP) is 2.66. The van der Waals surface area contributed by atoms with Crippen LogP contribution in [0.1, 0.15) is 25.3 Å². The Kier molecular flexibility index (Phi) is 4.71. The summed E-state index contributed by atoms with van der Waals surface area (Å²) in [4.78, 5) is 5.76. The number of hydrogen-bond acceptors (Lipinski definition) is 5. The normalized spacial score (nSPS) is 24.9. The van der Waals surface area contributed by atoms with Gasteiger partial charge in [-0.3, -0.25) is 4.90 Å². The third kappa shape index (κ3) is 3.57. The smallest absolute Gasteiger partial charge is 0.204 e. The molecule has 0 amide bonds. The maximum atomic E-state index is 5.90. The van der Waals surface area contributed by atoms with Crippen molar-refractivity contribution >= 4 is 10.9 Å². The summed E-state index contributed by atoms with van der Waals surface area (Å²) in [7, 11) is 0. The minimum Gasteiger partial charge on any atom is -0.494 e. The van der Waals surface area contributed by atoms with E-state index in [4.69, 9.17) is 18.9 Å². The van der Waals surface area contributed by atoms with E-state index in [1.807, 2.05) is 19.1 Å². The number of rotatable bonds is 6. The molecule has 0 spiro atoms. The number of aromatic nitrogens is 1. The Hall–Kier alpha value is -1.60. The van der Waals surface area contributed by atoms with E-state index in [1.54, 1.807) is 0 Å². The Bertz CT molecular complexity index is 675. The highest BCUT2D eigenvalue weighted by Crippen LogP contribution is 2.33. The van der Waals surface area contributed by atoms with Gasteiger partial charge in [-0.15, -0.1) is 0 Å². The first-order valence-electron chi connectivity index (χ1n) is 8.64. The molecule has 4 rings (SSSR count). The molecule has 0 saturated carbocycles. The van der Waals surface area contributed by atoms with Crippen LogP contribution in [-0.4, -0.2) is 55.6 Å². The molecule has 3 heterocycles. The van der Waals surface area contributed by atoms with Crippen molar-refractivity contribution in [2.75, 3.05) is 39.5 Å². The predicted molar refractivity (Wildman–Crippen MR) is 90.0 cm³/mol. The summed E-state index contributed by atoms with van der Waals surface area (Å²) in [6, 6.07) is 8.17. The van der Waals surface area contributed by atoms with Crippen molar-refractivity contribution in [1.82, 2.24) is 9.88 Å².